The first-order chi connectivity index (χ1) is 8.07. The molecule has 0 aliphatic rings. The monoisotopic (exact) mass is 225 g/mol. The third-order valence-corrected chi connectivity index (χ3v) is 2.91. The van der Waals surface area contributed by atoms with Crippen LogP contribution in [0.5, 0.6) is 0 Å². The van der Waals surface area contributed by atoms with E-state index in [0.717, 1.165) is 6.42 Å². The highest BCUT2D eigenvalue weighted by atomic mass is 14.7. The standard InChI is InChI=1S/C16H19N/c1-16(2,3)14-10-7-11-17-15(14)12-13-8-5-4-6-9-13/h4-11H,12H2,1-3H3. The van der Waals surface area contributed by atoms with Crippen LogP contribution >= 0.6 is 0 Å². The normalized spacial score (nSPS) is 11.5. The summed E-state index contributed by atoms with van der Waals surface area (Å²) in [6.07, 6.45) is 2.79. The summed E-state index contributed by atoms with van der Waals surface area (Å²) < 4.78 is 0. The second kappa shape index (κ2) is 4.70. The van der Waals surface area contributed by atoms with E-state index in [1.807, 2.05) is 18.3 Å². The molecule has 0 radical (unpaired) electrons. The highest BCUT2D eigenvalue weighted by Crippen LogP contribution is 2.25. The molecule has 17 heavy (non-hydrogen) atoms. The summed E-state index contributed by atoms with van der Waals surface area (Å²) in [5.74, 6) is 0. The highest BCUT2D eigenvalue weighted by molar-refractivity contribution is 5.31. The van der Waals surface area contributed by atoms with Gasteiger partial charge in [0.05, 0.1) is 0 Å². The van der Waals surface area contributed by atoms with Gasteiger partial charge in [0.25, 0.3) is 0 Å². The third kappa shape index (κ3) is 2.94. The first-order valence-corrected chi connectivity index (χ1v) is 6.05. The van der Waals surface area contributed by atoms with Crippen molar-refractivity contribution in [1.82, 2.24) is 4.98 Å². The summed E-state index contributed by atoms with van der Waals surface area (Å²) in [6.45, 7) is 6.70. The summed E-state index contributed by atoms with van der Waals surface area (Å²) in [6, 6.07) is 14.7. The van der Waals surface area contributed by atoms with Gasteiger partial charge < -0.3 is 0 Å². The second-order valence-electron chi connectivity index (χ2n) is 5.41. The molecule has 0 bridgehead atoms. The molecule has 0 aliphatic heterocycles. The SMILES string of the molecule is CC(C)(C)c1cccnc1Cc1ccccc1. The van der Waals surface area contributed by atoms with Gasteiger partial charge in [0.2, 0.25) is 0 Å². The van der Waals surface area contributed by atoms with Crippen LogP contribution < -0.4 is 0 Å². The molecule has 1 aromatic heterocycles. The molecule has 0 aliphatic carbocycles. The van der Waals surface area contributed by atoms with Gasteiger partial charge in [-0.15, -0.1) is 0 Å². The molecule has 1 aromatic carbocycles. The van der Waals surface area contributed by atoms with Crippen molar-refractivity contribution in [3.8, 4) is 0 Å². The Hall–Kier alpha value is -1.63. The van der Waals surface area contributed by atoms with Crippen LogP contribution in [-0.2, 0) is 11.8 Å². The minimum atomic E-state index is 0.151. The number of benzene rings is 1. The van der Waals surface area contributed by atoms with Crippen molar-refractivity contribution in [3.05, 3.63) is 65.5 Å². The summed E-state index contributed by atoms with van der Waals surface area (Å²) in [5.41, 5.74) is 3.99. The van der Waals surface area contributed by atoms with E-state index in [1.54, 1.807) is 0 Å². The van der Waals surface area contributed by atoms with Crippen LogP contribution in [0.15, 0.2) is 48.7 Å². The van der Waals surface area contributed by atoms with Gasteiger partial charge in [0, 0.05) is 18.3 Å². The molecular weight excluding hydrogens is 206 g/mol. The van der Waals surface area contributed by atoms with Gasteiger partial charge in [0.1, 0.15) is 0 Å². The Balaban J connectivity index is 2.34. The van der Waals surface area contributed by atoms with Gasteiger partial charge in [-0.1, -0.05) is 57.2 Å². The lowest BCUT2D eigenvalue weighted by atomic mass is 9.84. The van der Waals surface area contributed by atoms with Crippen molar-refractivity contribution >= 4 is 0 Å². The molecule has 88 valence electrons. The van der Waals surface area contributed by atoms with E-state index in [2.05, 4.69) is 56.1 Å². The highest BCUT2D eigenvalue weighted by Gasteiger charge is 2.18. The minimum absolute atomic E-state index is 0.151. The van der Waals surface area contributed by atoms with Crippen LogP contribution in [0.2, 0.25) is 0 Å². The van der Waals surface area contributed by atoms with E-state index in [0.29, 0.717) is 0 Å². The minimum Gasteiger partial charge on any atom is -0.261 e. The number of nitrogens with zero attached hydrogens (tertiary/aromatic N) is 1. The molecule has 0 saturated carbocycles. The fraction of sp³-hybridized carbons (Fsp3) is 0.312. The fourth-order valence-electron chi connectivity index (χ4n) is 2.05. The predicted octanol–water partition coefficient (Wildman–Crippen LogP) is 3.97. The Morgan fingerprint density at radius 2 is 1.65 bits per heavy atom. The summed E-state index contributed by atoms with van der Waals surface area (Å²) >= 11 is 0. The van der Waals surface area contributed by atoms with Gasteiger partial charge >= 0.3 is 0 Å². The van der Waals surface area contributed by atoms with E-state index in [9.17, 15) is 0 Å². The molecule has 0 unspecified atom stereocenters. The lowest BCUT2D eigenvalue weighted by molar-refractivity contribution is 0.579. The predicted molar refractivity (Wildman–Crippen MR) is 72.2 cm³/mol. The molecule has 0 spiro atoms. The van der Waals surface area contributed by atoms with Crippen molar-refractivity contribution in [2.75, 3.05) is 0 Å². The lowest BCUT2D eigenvalue weighted by Gasteiger charge is -2.22. The van der Waals surface area contributed by atoms with E-state index in [-0.39, 0.29) is 5.41 Å². The second-order valence-corrected chi connectivity index (χ2v) is 5.41. The quantitative estimate of drug-likeness (QED) is 0.753. The Bertz CT molecular complexity index is 480. The Kier molecular flexibility index (Phi) is 3.28. The van der Waals surface area contributed by atoms with Gasteiger partial charge in [-0.05, 0) is 22.6 Å². The lowest BCUT2D eigenvalue weighted by Crippen LogP contribution is -2.15. The molecule has 0 fully saturated rings. The molecular formula is C16H19N. The van der Waals surface area contributed by atoms with Crippen molar-refractivity contribution < 1.29 is 0 Å². The number of hydrogen-bond acceptors (Lipinski definition) is 1. The molecule has 1 heterocycles. The maximum absolute atomic E-state index is 4.54. The zero-order valence-electron chi connectivity index (χ0n) is 10.8. The molecule has 1 heteroatoms. The summed E-state index contributed by atoms with van der Waals surface area (Å²) in [7, 11) is 0. The van der Waals surface area contributed by atoms with E-state index in [4.69, 9.17) is 0 Å². The van der Waals surface area contributed by atoms with Gasteiger partial charge in [-0.25, -0.2) is 0 Å². The van der Waals surface area contributed by atoms with Crippen molar-refractivity contribution in [1.29, 1.82) is 0 Å². The molecule has 0 saturated heterocycles. The van der Waals surface area contributed by atoms with Crippen LogP contribution in [0.3, 0.4) is 0 Å². The maximum atomic E-state index is 4.54. The average Bonchev–Trinajstić information content (AvgIpc) is 2.30. The average molecular weight is 225 g/mol. The number of hydrogen-bond donors (Lipinski definition) is 0. The third-order valence-electron chi connectivity index (χ3n) is 2.91. The number of aromatic nitrogens is 1. The smallest absolute Gasteiger partial charge is 0.0484 e. The molecule has 0 atom stereocenters. The van der Waals surface area contributed by atoms with Crippen LogP contribution in [0.4, 0.5) is 0 Å². The maximum Gasteiger partial charge on any atom is 0.0484 e. The molecule has 2 aromatic rings. The zero-order chi connectivity index (χ0) is 12.3. The van der Waals surface area contributed by atoms with Gasteiger partial charge in [-0.2, -0.15) is 0 Å². The topological polar surface area (TPSA) is 12.9 Å². The first kappa shape index (κ1) is 11.8. The summed E-state index contributed by atoms with van der Waals surface area (Å²) in [5, 5.41) is 0. The van der Waals surface area contributed by atoms with Crippen molar-refractivity contribution in [2.24, 2.45) is 0 Å². The van der Waals surface area contributed by atoms with Gasteiger partial charge in [0.15, 0.2) is 0 Å². The van der Waals surface area contributed by atoms with Crippen LogP contribution in [-0.4, -0.2) is 4.98 Å². The molecule has 1 nitrogen and oxygen atoms in total. The molecule has 0 amide bonds. The van der Waals surface area contributed by atoms with Crippen LogP contribution in [0.25, 0.3) is 0 Å². The fourth-order valence-corrected chi connectivity index (χ4v) is 2.05. The van der Waals surface area contributed by atoms with Crippen molar-refractivity contribution in [2.45, 2.75) is 32.6 Å². The zero-order valence-corrected chi connectivity index (χ0v) is 10.8. The largest absolute Gasteiger partial charge is 0.261 e. The van der Waals surface area contributed by atoms with E-state index >= 15 is 0 Å². The Labute approximate surface area is 104 Å². The van der Waals surface area contributed by atoms with Gasteiger partial charge in [-0.3, -0.25) is 4.98 Å². The number of rotatable bonds is 2. The van der Waals surface area contributed by atoms with E-state index in [1.165, 1.54) is 16.8 Å². The van der Waals surface area contributed by atoms with Crippen LogP contribution in [0.1, 0.15) is 37.6 Å². The first-order valence-electron chi connectivity index (χ1n) is 6.05. The molecule has 0 N–H and O–H groups in total. The van der Waals surface area contributed by atoms with E-state index < -0.39 is 0 Å². The van der Waals surface area contributed by atoms with Crippen molar-refractivity contribution in [3.63, 3.8) is 0 Å². The number of pyridine rings is 1. The summed E-state index contributed by atoms with van der Waals surface area (Å²) in [4.78, 5) is 4.54. The molecule has 2 rings (SSSR count). The Morgan fingerprint density at radius 1 is 0.941 bits per heavy atom. The Morgan fingerprint density at radius 3 is 2.29 bits per heavy atom. The van der Waals surface area contributed by atoms with Crippen LogP contribution in [0, 0.1) is 0 Å².